The summed E-state index contributed by atoms with van der Waals surface area (Å²) in [5.41, 5.74) is 3.89. The Morgan fingerprint density at radius 2 is 1.88 bits per heavy atom. The summed E-state index contributed by atoms with van der Waals surface area (Å²) in [6.07, 6.45) is 5.97. The highest BCUT2D eigenvalue weighted by Crippen LogP contribution is 2.25. The zero-order chi connectivity index (χ0) is 16.5. The molecule has 2 aromatic heterocycles. The van der Waals surface area contributed by atoms with Gasteiger partial charge in [0, 0.05) is 49.4 Å². The number of fused-ring (bicyclic) bond motifs is 1. The highest BCUT2D eigenvalue weighted by Gasteiger charge is 2.20. The summed E-state index contributed by atoms with van der Waals surface area (Å²) in [6.45, 7) is 3.37. The van der Waals surface area contributed by atoms with Crippen LogP contribution in [0.3, 0.4) is 0 Å². The van der Waals surface area contributed by atoms with E-state index in [1.54, 1.807) is 24.5 Å². The molecule has 1 aromatic carbocycles. The largest absolute Gasteiger partial charge is 0.367 e. The minimum atomic E-state index is -0.205. The number of hydrogen-bond donors (Lipinski definition) is 0. The Kier molecular flexibility index (Phi) is 3.65. The van der Waals surface area contributed by atoms with E-state index in [0.29, 0.717) is 18.2 Å². The average molecular weight is 321 g/mol. The molecular formula is C18H16FN5. The lowest BCUT2D eigenvalue weighted by molar-refractivity contribution is 0.623. The third kappa shape index (κ3) is 2.82. The van der Waals surface area contributed by atoms with Crippen molar-refractivity contribution in [3.63, 3.8) is 0 Å². The second kappa shape index (κ2) is 5.96. The van der Waals surface area contributed by atoms with Crippen LogP contribution >= 0.6 is 0 Å². The second-order valence-corrected chi connectivity index (χ2v) is 5.90. The van der Waals surface area contributed by atoms with E-state index in [4.69, 9.17) is 0 Å². The molecule has 0 radical (unpaired) electrons. The highest BCUT2D eigenvalue weighted by atomic mass is 19.1. The quantitative estimate of drug-likeness (QED) is 0.726. The van der Waals surface area contributed by atoms with Gasteiger partial charge in [0.25, 0.3) is 0 Å². The molecule has 0 N–H and O–H groups in total. The van der Waals surface area contributed by atoms with Crippen LogP contribution in [-0.4, -0.2) is 26.5 Å². The van der Waals surface area contributed by atoms with Crippen molar-refractivity contribution in [3.8, 4) is 11.6 Å². The van der Waals surface area contributed by atoms with Crippen LogP contribution < -0.4 is 4.90 Å². The number of halogens is 1. The fourth-order valence-electron chi connectivity index (χ4n) is 2.96. The van der Waals surface area contributed by atoms with Crippen LogP contribution in [-0.2, 0) is 13.0 Å². The zero-order valence-corrected chi connectivity index (χ0v) is 13.3. The summed E-state index contributed by atoms with van der Waals surface area (Å²) in [5.74, 6) is 0.872. The minimum Gasteiger partial charge on any atom is -0.367 e. The predicted molar refractivity (Wildman–Crippen MR) is 88.9 cm³/mol. The van der Waals surface area contributed by atoms with E-state index in [1.165, 1.54) is 6.07 Å². The molecule has 1 aliphatic heterocycles. The highest BCUT2D eigenvalue weighted by molar-refractivity contribution is 5.51. The maximum absolute atomic E-state index is 13.7. The van der Waals surface area contributed by atoms with E-state index < -0.39 is 0 Å². The van der Waals surface area contributed by atoms with Gasteiger partial charge in [-0.3, -0.25) is 0 Å². The number of aromatic nitrogens is 4. The molecule has 0 saturated carbocycles. The van der Waals surface area contributed by atoms with E-state index in [1.807, 2.05) is 19.2 Å². The maximum atomic E-state index is 13.7. The number of nitrogens with zero attached hydrogens (tertiary/aromatic N) is 5. The first kappa shape index (κ1) is 14.7. The summed E-state index contributed by atoms with van der Waals surface area (Å²) in [6, 6.07) is 6.88. The van der Waals surface area contributed by atoms with Crippen LogP contribution in [0, 0.1) is 12.7 Å². The molecule has 6 heteroatoms. The lowest BCUT2D eigenvalue weighted by Crippen LogP contribution is -2.31. The first-order valence-corrected chi connectivity index (χ1v) is 7.83. The maximum Gasteiger partial charge on any atom is 0.197 e. The monoisotopic (exact) mass is 321 g/mol. The Labute approximate surface area is 139 Å². The number of aryl methyl sites for hydroxylation is 1. The summed E-state index contributed by atoms with van der Waals surface area (Å²) in [4.78, 5) is 19.5. The van der Waals surface area contributed by atoms with Crippen molar-refractivity contribution in [2.75, 3.05) is 11.4 Å². The minimum absolute atomic E-state index is 0.205. The van der Waals surface area contributed by atoms with Crippen molar-refractivity contribution in [2.45, 2.75) is 19.9 Å². The van der Waals surface area contributed by atoms with Gasteiger partial charge in [0.2, 0.25) is 0 Å². The van der Waals surface area contributed by atoms with E-state index in [-0.39, 0.29) is 5.82 Å². The van der Waals surface area contributed by atoms with Crippen LogP contribution in [0.4, 0.5) is 10.1 Å². The Morgan fingerprint density at radius 1 is 1.04 bits per heavy atom. The molecule has 0 amide bonds. The van der Waals surface area contributed by atoms with Gasteiger partial charge in [0.15, 0.2) is 11.6 Å². The molecule has 24 heavy (non-hydrogen) atoms. The molecule has 5 nitrogen and oxygen atoms in total. The molecule has 3 aromatic rings. The van der Waals surface area contributed by atoms with Crippen LogP contribution in [0.2, 0.25) is 0 Å². The van der Waals surface area contributed by atoms with Crippen LogP contribution in [0.5, 0.6) is 0 Å². The summed E-state index contributed by atoms with van der Waals surface area (Å²) < 4.78 is 13.7. The van der Waals surface area contributed by atoms with Gasteiger partial charge in [-0.2, -0.15) is 0 Å². The molecule has 4 rings (SSSR count). The van der Waals surface area contributed by atoms with Crippen molar-refractivity contribution in [2.24, 2.45) is 0 Å². The van der Waals surface area contributed by atoms with E-state index in [9.17, 15) is 4.39 Å². The van der Waals surface area contributed by atoms with Gasteiger partial charge < -0.3 is 4.90 Å². The number of anilines is 1. The van der Waals surface area contributed by atoms with E-state index in [0.717, 1.165) is 35.5 Å². The molecule has 1 aliphatic rings. The molecule has 0 saturated heterocycles. The molecule has 120 valence electrons. The van der Waals surface area contributed by atoms with Crippen molar-refractivity contribution in [3.05, 3.63) is 65.5 Å². The Bertz CT molecular complexity index is 862. The molecule has 0 atom stereocenters. The zero-order valence-electron chi connectivity index (χ0n) is 13.3. The number of hydrogen-bond acceptors (Lipinski definition) is 5. The first-order valence-electron chi connectivity index (χ1n) is 7.83. The number of rotatable bonds is 2. The second-order valence-electron chi connectivity index (χ2n) is 5.90. The standard InChI is InChI=1S/C18H16FN5/c1-12-7-14(19)9-15(8-12)24-6-3-16-13(11-24)10-22-18(23-16)17-20-4-2-5-21-17/h2,4-5,7-10H,3,6,11H2,1H3. The third-order valence-electron chi connectivity index (χ3n) is 4.09. The van der Waals surface area contributed by atoms with Crippen LogP contribution in [0.1, 0.15) is 16.8 Å². The Balaban J connectivity index is 1.62. The fourth-order valence-corrected chi connectivity index (χ4v) is 2.96. The van der Waals surface area contributed by atoms with Crippen molar-refractivity contribution in [1.29, 1.82) is 0 Å². The van der Waals surface area contributed by atoms with E-state index in [2.05, 4.69) is 24.8 Å². The van der Waals surface area contributed by atoms with Crippen molar-refractivity contribution in [1.82, 2.24) is 19.9 Å². The molecule has 0 bridgehead atoms. The van der Waals surface area contributed by atoms with Gasteiger partial charge >= 0.3 is 0 Å². The van der Waals surface area contributed by atoms with Gasteiger partial charge in [-0.1, -0.05) is 0 Å². The molecule has 0 aliphatic carbocycles. The lowest BCUT2D eigenvalue weighted by atomic mass is 10.1. The Hall–Kier alpha value is -2.89. The van der Waals surface area contributed by atoms with Crippen LogP contribution in [0.15, 0.2) is 42.9 Å². The normalized spacial score (nSPS) is 13.7. The van der Waals surface area contributed by atoms with Crippen LogP contribution in [0.25, 0.3) is 11.6 Å². The smallest absolute Gasteiger partial charge is 0.197 e. The van der Waals surface area contributed by atoms with Gasteiger partial charge in [0.05, 0.1) is 5.69 Å². The SMILES string of the molecule is Cc1cc(F)cc(N2CCc3nc(-c4ncccn4)ncc3C2)c1. The molecule has 0 spiro atoms. The third-order valence-corrected chi connectivity index (χ3v) is 4.09. The van der Waals surface area contributed by atoms with Gasteiger partial charge in [0.1, 0.15) is 5.82 Å². The van der Waals surface area contributed by atoms with Crippen molar-refractivity contribution >= 4 is 5.69 Å². The summed E-state index contributed by atoms with van der Waals surface area (Å²) in [7, 11) is 0. The number of benzene rings is 1. The molecular weight excluding hydrogens is 305 g/mol. The lowest BCUT2D eigenvalue weighted by Gasteiger charge is -2.30. The molecule has 3 heterocycles. The fraction of sp³-hybridized carbons (Fsp3) is 0.222. The van der Waals surface area contributed by atoms with Crippen molar-refractivity contribution < 1.29 is 4.39 Å². The Morgan fingerprint density at radius 3 is 2.67 bits per heavy atom. The van der Waals surface area contributed by atoms with Gasteiger partial charge in [-0.05, 0) is 36.8 Å². The predicted octanol–water partition coefficient (Wildman–Crippen LogP) is 2.94. The molecule has 0 unspecified atom stereocenters. The summed E-state index contributed by atoms with van der Waals surface area (Å²) >= 11 is 0. The molecule has 0 fully saturated rings. The van der Waals surface area contributed by atoms with E-state index >= 15 is 0 Å². The van der Waals surface area contributed by atoms with Gasteiger partial charge in [-0.15, -0.1) is 0 Å². The van der Waals surface area contributed by atoms with Gasteiger partial charge in [-0.25, -0.2) is 24.3 Å². The average Bonchev–Trinajstić information content (AvgIpc) is 2.61. The summed E-state index contributed by atoms with van der Waals surface area (Å²) in [5, 5.41) is 0. The topological polar surface area (TPSA) is 54.8 Å². The first-order chi connectivity index (χ1) is 11.7.